The number of amides is 1. The minimum atomic E-state index is -0.0653. The van der Waals surface area contributed by atoms with Gasteiger partial charge in [-0.05, 0) is 31.9 Å². The van der Waals surface area contributed by atoms with Crippen molar-refractivity contribution in [1.29, 1.82) is 0 Å². The third-order valence-corrected chi connectivity index (χ3v) is 6.56. The molecule has 2 aromatic heterocycles. The monoisotopic (exact) mass is 370 g/mol. The van der Waals surface area contributed by atoms with Gasteiger partial charge in [0.2, 0.25) is 0 Å². The summed E-state index contributed by atoms with van der Waals surface area (Å²) in [5, 5.41) is 7.57. The maximum absolute atomic E-state index is 12.3. The summed E-state index contributed by atoms with van der Waals surface area (Å²) in [7, 11) is 0. The number of hydrogen-bond donors (Lipinski definition) is 1. The summed E-state index contributed by atoms with van der Waals surface area (Å²) in [5.74, 6) is 0.830. The molecule has 1 spiro atoms. The van der Waals surface area contributed by atoms with Gasteiger partial charge in [-0.3, -0.25) is 14.4 Å². The number of ether oxygens (including phenoxy) is 1. The van der Waals surface area contributed by atoms with Crippen molar-refractivity contribution in [3.05, 3.63) is 42.1 Å². The lowest BCUT2D eigenvalue weighted by Crippen LogP contribution is -2.41. The summed E-state index contributed by atoms with van der Waals surface area (Å²) in [5.41, 5.74) is 1.63. The highest BCUT2D eigenvalue weighted by Crippen LogP contribution is 2.54. The Balaban J connectivity index is 1.20. The second kappa shape index (κ2) is 6.49. The zero-order chi connectivity index (χ0) is 18.4. The standard InChI is InChI=1S/C20H26N4O3/c1-14-3-6-24(22-14)8-7-23-11-17-16(18-2-5-20(17,13-23)27-18)10-21-19(25)15-4-9-26-12-15/h3-4,6,9,12,16-18H,2,5,7-8,10-11,13H2,1H3,(H,21,25)/t16-,17+,18+,20+/m0/s1. The number of carbonyl (C=O) groups is 1. The second-order valence-corrected chi connectivity index (χ2v) is 8.21. The van der Waals surface area contributed by atoms with Gasteiger partial charge in [-0.25, -0.2) is 0 Å². The van der Waals surface area contributed by atoms with Crippen LogP contribution in [0.4, 0.5) is 0 Å². The van der Waals surface area contributed by atoms with Crippen LogP contribution in [0.15, 0.2) is 35.3 Å². The van der Waals surface area contributed by atoms with Crippen LogP contribution in [0.1, 0.15) is 28.9 Å². The third kappa shape index (κ3) is 2.99. The predicted octanol–water partition coefficient (Wildman–Crippen LogP) is 1.69. The lowest BCUT2D eigenvalue weighted by molar-refractivity contribution is 0.00247. The number of rotatable bonds is 6. The van der Waals surface area contributed by atoms with E-state index in [1.807, 2.05) is 23.9 Å². The quantitative estimate of drug-likeness (QED) is 0.838. The molecule has 0 aliphatic carbocycles. The average Bonchev–Trinajstić information content (AvgIpc) is 3.43. The van der Waals surface area contributed by atoms with E-state index in [1.54, 1.807) is 6.07 Å². The molecule has 7 nitrogen and oxygen atoms in total. The molecule has 1 N–H and O–H groups in total. The lowest BCUT2D eigenvalue weighted by Gasteiger charge is -2.29. The number of fused-ring (bicyclic) bond motifs is 1. The SMILES string of the molecule is Cc1ccn(CCN2C[C@@H]3[C@H](CNC(=O)c4ccoc4)[C@H]4CC[C@]3(C2)O4)n1. The molecule has 0 radical (unpaired) electrons. The van der Waals surface area contributed by atoms with Gasteiger partial charge in [-0.1, -0.05) is 0 Å². The number of aromatic nitrogens is 2. The zero-order valence-corrected chi connectivity index (χ0v) is 15.6. The van der Waals surface area contributed by atoms with E-state index in [4.69, 9.17) is 9.15 Å². The summed E-state index contributed by atoms with van der Waals surface area (Å²) in [6, 6.07) is 3.74. The fourth-order valence-electron chi connectivity index (χ4n) is 5.27. The maximum Gasteiger partial charge on any atom is 0.254 e. The number of likely N-dealkylation sites (tertiary alicyclic amines) is 1. The zero-order valence-electron chi connectivity index (χ0n) is 15.6. The molecular weight excluding hydrogens is 344 g/mol. The Labute approximate surface area is 158 Å². The van der Waals surface area contributed by atoms with Crippen LogP contribution in [0.5, 0.6) is 0 Å². The Bertz CT molecular complexity index is 817. The molecule has 5 heterocycles. The van der Waals surface area contributed by atoms with Crippen LogP contribution in [0.25, 0.3) is 0 Å². The van der Waals surface area contributed by atoms with Crippen molar-refractivity contribution in [2.75, 3.05) is 26.2 Å². The normalized spacial score (nSPS) is 32.1. The van der Waals surface area contributed by atoms with E-state index in [-0.39, 0.29) is 17.6 Å². The molecule has 144 valence electrons. The van der Waals surface area contributed by atoms with E-state index in [1.165, 1.54) is 12.5 Å². The summed E-state index contributed by atoms with van der Waals surface area (Å²) < 4.78 is 13.5. The molecule has 3 fully saturated rings. The second-order valence-electron chi connectivity index (χ2n) is 8.21. The topological polar surface area (TPSA) is 72.5 Å². The first-order chi connectivity index (χ1) is 13.1. The summed E-state index contributed by atoms with van der Waals surface area (Å²) in [6.45, 7) is 6.63. The molecule has 7 heteroatoms. The number of nitrogens with one attached hydrogen (secondary N) is 1. The molecular formula is C20H26N4O3. The molecule has 0 unspecified atom stereocenters. The minimum absolute atomic E-state index is 0.00423. The highest BCUT2D eigenvalue weighted by Gasteiger charge is 2.62. The number of nitrogens with zero attached hydrogens (tertiary/aromatic N) is 3. The fraction of sp³-hybridized carbons (Fsp3) is 0.600. The van der Waals surface area contributed by atoms with Crippen LogP contribution in [0.3, 0.4) is 0 Å². The van der Waals surface area contributed by atoms with Gasteiger partial charge in [-0.15, -0.1) is 0 Å². The van der Waals surface area contributed by atoms with Gasteiger partial charge < -0.3 is 14.5 Å². The van der Waals surface area contributed by atoms with Gasteiger partial charge in [0.25, 0.3) is 5.91 Å². The van der Waals surface area contributed by atoms with Gasteiger partial charge >= 0.3 is 0 Å². The van der Waals surface area contributed by atoms with Gasteiger partial charge in [0, 0.05) is 44.2 Å². The lowest BCUT2D eigenvalue weighted by atomic mass is 9.73. The molecule has 5 rings (SSSR count). The predicted molar refractivity (Wildman–Crippen MR) is 98.3 cm³/mol. The molecule has 3 saturated heterocycles. The van der Waals surface area contributed by atoms with E-state index in [0.29, 0.717) is 23.9 Å². The van der Waals surface area contributed by atoms with Crippen molar-refractivity contribution >= 4 is 5.91 Å². The molecule has 4 atom stereocenters. The Morgan fingerprint density at radius 1 is 1.41 bits per heavy atom. The van der Waals surface area contributed by atoms with Crippen molar-refractivity contribution in [3.63, 3.8) is 0 Å². The largest absolute Gasteiger partial charge is 0.472 e. The van der Waals surface area contributed by atoms with Gasteiger partial charge in [0.05, 0.1) is 35.8 Å². The van der Waals surface area contributed by atoms with Crippen LogP contribution in [0.2, 0.25) is 0 Å². The van der Waals surface area contributed by atoms with Crippen LogP contribution in [0, 0.1) is 18.8 Å². The van der Waals surface area contributed by atoms with Crippen molar-refractivity contribution < 1.29 is 13.9 Å². The van der Waals surface area contributed by atoms with Crippen LogP contribution in [-0.4, -0.2) is 58.5 Å². The van der Waals surface area contributed by atoms with E-state index in [9.17, 15) is 4.79 Å². The van der Waals surface area contributed by atoms with Crippen molar-refractivity contribution in [2.24, 2.45) is 11.8 Å². The molecule has 0 saturated carbocycles. The van der Waals surface area contributed by atoms with Crippen molar-refractivity contribution in [2.45, 2.75) is 38.0 Å². The number of aryl methyl sites for hydroxylation is 1. The Morgan fingerprint density at radius 3 is 3.11 bits per heavy atom. The van der Waals surface area contributed by atoms with Gasteiger partial charge in [0.1, 0.15) is 6.26 Å². The van der Waals surface area contributed by atoms with Gasteiger partial charge in [0.15, 0.2) is 0 Å². The Kier molecular flexibility index (Phi) is 4.09. The fourth-order valence-corrected chi connectivity index (χ4v) is 5.27. The first kappa shape index (κ1) is 17.0. The molecule has 3 aliphatic heterocycles. The highest BCUT2D eigenvalue weighted by atomic mass is 16.5. The van der Waals surface area contributed by atoms with E-state index in [2.05, 4.69) is 15.3 Å². The average molecular weight is 370 g/mol. The summed E-state index contributed by atoms with van der Waals surface area (Å²) in [6.07, 6.45) is 7.60. The molecule has 0 aromatic carbocycles. The molecule has 27 heavy (non-hydrogen) atoms. The van der Waals surface area contributed by atoms with Crippen molar-refractivity contribution in [1.82, 2.24) is 20.0 Å². The minimum Gasteiger partial charge on any atom is -0.472 e. The van der Waals surface area contributed by atoms with E-state index < -0.39 is 0 Å². The first-order valence-corrected chi connectivity index (χ1v) is 9.84. The third-order valence-electron chi connectivity index (χ3n) is 6.56. The Morgan fingerprint density at radius 2 is 2.33 bits per heavy atom. The summed E-state index contributed by atoms with van der Waals surface area (Å²) in [4.78, 5) is 14.8. The van der Waals surface area contributed by atoms with Crippen LogP contribution >= 0.6 is 0 Å². The van der Waals surface area contributed by atoms with E-state index in [0.717, 1.165) is 44.7 Å². The molecule has 3 aliphatic rings. The van der Waals surface area contributed by atoms with Crippen molar-refractivity contribution in [3.8, 4) is 0 Å². The molecule has 2 bridgehead atoms. The van der Waals surface area contributed by atoms with Crippen LogP contribution in [-0.2, 0) is 11.3 Å². The number of hydrogen-bond acceptors (Lipinski definition) is 5. The summed E-state index contributed by atoms with van der Waals surface area (Å²) >= 11 is 0. The maximum atomic E-state index is 12.3. The Hall–Kier alpha value is -2.12. The smallest absolute Gasteiger partial charge is 0.254 e. The first-order valence-electron chi connectivity index (χ1n) is 9.84. The highest BCUT2D eigenvalue weighted by molar-refractivity contribution is 5.93. The number of furan rings is 1. The molecule has 2 aromatic rings. The molecule has 1 amide bonds. The number of carbonyl (C=O) groups excluding carboxylic acids is 1. The van der Waals surface area contributed by atoms with E-state index >= 15 is 0 Å². The van der Waals surface area contributed by atoms with Gasteiger partial charge in [-0.2, -0.15) is 5.10 Å². The van der Waals surface area contributed by atoms with Crippen LogP contribution < -0.4 is 5.32 Å².